The van der Waals surface area contributed by atoms with Gasteiger partial charge in [0.1, 0.15) is 5.69 Å². The molecule has 0 aliphatic carbocycles. The van der Waals surface area contributed by atoms with Crippen LogP contribution in [0.3, 0.4) is 0 Å². The molecule has 0 fully saturated rings. The average Bonchev–Trinajstić information content (AvgIpc) is 2.69. The summed E-state index contributed by atoms with van der Waals surface area (Å²) in [6, 6.07) is 0.175. The number of anilines is 1. The SMILES string of the molecule is CCN(CC)CCCC(C)Nc1c([N+](=O)[O-])c(C)nn1C. The van der Waals surface area contributed by atoms with Crippen molar-refractivity contribution in [3.63, 3.8) is 0 Å². The summed E-state index contributed by atoms with van der Waals surface area (Å²) in [6.45, 7) is 11.2. The van der Waals surface area contributed by atoms with Crippen molar-refractivity contribution in [3.05, 3.63) is 15.8 Å². The average molecular weight is 297 g/mol. The standard InChI is InChI=1S/C14H27N5O2/c1-6-18(7-2)10-8-9-11(3)15-14-13(19(20)21)12(4)16-17(14)5/h11,15H,6-10H2,1-5H3. The molecule has 1 aromatic rings. The van der Waals surface area contributed by atoms with Gasteiger partial charge in [-0.25, -0.2) is 4.68 Å². The largest absolute Gasteiger partial charge is 0.362 e. The Hall–Kier alpha value is -1.63. The van der Waals surface area contributed by atoms with Crippen LogP contribution in [-0.4, -0.2) is 45.3 Å². The van der Waals surface area contributed by atoms with E-state index >= 15 is 0 Å². The Bertz CT molecular complexity index is 468. The van der Waals surface area contributed by atoms with E-state index in [1.54, 1.807) is 18.7 Å². The van der Waals surface area contributed by atoms with E-state index in [2.05, 4.69) is 29.2 Å². The zero-order chi connectivity index (χ0) is 16.0. The molecule has 0 spiro atoms. The summed E-state index contributed by atoms with van der Waals surface area (Å²) in [5, 5.41) is 18.5. The molecule has 7 nitrogen and oxygen atoms in total. The molecule has 1 N–H and O–H groups in total. The lowest BCUT2D eigenvalue weighted by Gasteiger charge is -2.20. The van der Waals surface area contributed by atoms with Gasteiger partial charge in [0.15, 0.2) is 0 Å². The highest BCUT2D eigenvalue weighted by Crippen LogP contribution is 2.28. The van der Waals surface area contributed by atoms with E-state index in [0.29, 0.717) is 11.5 Å². The minimum atomic E-state index is -0.368. The van der Waals surface area contributed by atoms with E-state index in [9.17, 15) is 10.1 Å². The molecule has 0 saturated carbocycles. The Morgan fingerprint density at radius 2 is 2.05 bits per heavy atom. The highest BCUT2D eigenvalue weighted by Gasteiger charge is 2.24. The predicted octanol–water partition coefficient (Wildman–Crippen LogP) is 2.56. The molecule has 1 rings (SSSR count). The van der Waals surface area contributed by atoms with E-state index < -0.39 is 0 Å². The first-order valence-corrected chi connectivity index (χ1v) is 7.57. The third-order valence-corrected chi connectivity index (χ3v) is 3.76. The normalized spacial score (nSPS) is 12.7. The van der Waals surface area contributed by atoms with Gasteiger partial charge in [-0.3, -0.25) is 10.1 Å². The summed E-state index contributed by atoms with van der Waals surface area (Å²) in [5.41, 5.74) is 0.522. The molecule has 0 aliphatic heterocycles. The van der Waals surface area contributed by atoms with Crippen molar-refractivity contribution < 1.29 is 4.92 Å². The van der Waals surface area contributed by atoms with Crippen LogP contribution < -0.4 is 5.32 Å². The summed E-state index contributed by atoms with van der Waals surface area (Å²) in [7, 11) is 1.73. The molecule has 21 heavy (non-hydrogen) atoms. The molecule has 120 valence electrons. The first-order valence-electron chi connectivity index (χ1n) is 7.57. The fraction of sp³-hybridized carbons (Fsp3) is 0.786. The highest BCUT2D eigenvalue weighted by molar-refractivity contribution is 5.59. The third kappa shape index (κ3) is 4.70. The maximum atomic E-state index is 11.1. The van der Waals surface area contributed by atoms with Crippen LogP contribution >= 0.6 is 0 Å². The van der Waals surface area contributed by atoms with Crippen molar-refractivity contribution in [1.82, 2.24) is 14.7 Å². The van der Waals surface area contributed by atoms with Gasteiger partial charge in [-0.2, -0.15) is 5.10 Å². The first kappa shape index (κ1) is 17.4. The summed E-state index contributed by atoms with van der Waals surface area (Å²) in [5.74, 6) is 0.493. The number of hydrogen-bond acceptors (Lipinski definition) is 5. The summed E-state index contributed by atoms with van der Waals surface area (Å²) < 4.78 is 1.55. The molecule has 1 aromatic heterocycles. The van der Waals surface area contributed by atoms with Crippen LogP contribution in [0.4, 0.5) is 11.5 Å². The van der Waals surface area contributed by atoms with E-state index in [1.807, 2.05) is 6.92 Å². The number of rotatable bonds is 9. The molecular weight excluding hydrogens is 270 g/mol. The molecule has 1 unspecified atom stereocenters. The summed E-state index contributed by atoms with van der Waals surface area (Å²) in [6.07, 6.45) is 2.04. The maximum Gasteiger partial charge on any atom is 0.333 e. The number of aromatic nitrogens is 2. The molecule has 0 aromatic carbocycles. The molecule has 0 saturated heterocycles. The van der Waals surface area contributed by atoms with Crippen LogP contribution in [-0.2, 0) is 7.05 Å². The van der Waals surface area contributed by atoms with Crippen molar-refractivity contribution in [2.45, 2.75) is 46.6 Å². The minimum absolute atomic E-state index is 0.0769. The van der Waals surface area contributed by atoms with Gasteiger partial charge in [0.25, 0.3) is 0 Å². The monoisotopic (exact) mass is 297 g/mol. The fourth-order valence-corrected chi connectivity index (χ4v) is 2.49. The lowest BCUT2D eigenvalue weighted by Crippen LogP contribution is -2.26. The van der Waals surface area contributed by atoms with E-state index in [4.69, 9.17) is 0 Å². The van der Waals surface area contributed by atoms with Gasteiger partial charge in [-0.05, 0) is 46.3 Å². The van der Waals surface area contributed by atoms with Crippen LogP contribution in [0.2, 0.25) is 0 Å². The summed E-state index contributed by atoms with van der Waals surface area (Å²) >= 11 is 0. The third-order valence-electron chi connectivity index (χ3n) is 3.76. The van der Waals surface area contributed by atoms with Crippen molar-refractivity contribution in [2.75, 3.05) is 25.0 Å². The Morgan fingerprint density at radius 3 is 2.57 bits per heavy atom. The van der Waals surface area contributed by atoms with Gasteiger partial charge in [0, 0.05) is 13.1 Å². The van der Waals surface area contributed by atoms with Gasteiger partial charge < -0.3 is 10.2 Å². The van der Waals surface area contributed by atoms with Crippen LogP contribution in [0, 0.1) is 17.0 Å². The zero-order valence-corrected chi connectivity index (χ0v) is 13.7. The molecule has 0 amide bonds. The van der Waals surface area contributed by atoms with Crippen LogP contribution in [0.15, 0.2) is 0 Å². The number of nitrogens with one attached hydrogen (secondary N) is 1. The van der Waals surface area contributed by atoms with E-state index in [-0.39, 0.29) is 16.7 Å². The number of hydrogen-bond donors (Lipinski definition) is 1. The van der Waals surface area contributed by atoms with E-state index in [1.165, 1.54) is 0 Å². The van der Waals surface area contributed by atoms with Crippen LogP contribution in [0.25, 0.3) is 0 Å². The molecule has 7 heteroatoms. The van der Waals surface area contributed by atoms with Gasteiger partial charge in [0.05, 0.1) is 4.92 Å². The number of nitro groups is 1. The predicted molar refractivity (Wildman–Crippen MR) is 84.7 cm³/mol. The molecular formula is C14H27N5O2. The Kier molecular flexibility index (Phi) is 6.61. The smallest absolute Gasteiger partial charge is 0.333 e. The minimum Gasteiger partial charge on any atom is -0.362 e. The second-order valence-electron chi connectivity index (χ2n) is 5.38. The molecule has 0 bridgehead atoms. The lowest BCUT2D eigenvalue weighted by atomic mass is 10.1. The number of nitrogens with zero attached hydrogens (tertiary/aromatic N) is 4. The fourth-order valence-electron chi connectivity index (χ4n) is 2.49. The maximum absolute atomic E-state index is 11.1. The van der Waals surface area contributed by atoms with Gasteiger partial charge in [-0.1, -0.05) is 13.8 Å². The second kappa shape index (κ2) is 7.97. The molecule has 0 radical (unpaired) electrons. The van der Waals surface area contributed by atoms with Gasteiger partial charge in [0.2, 0.25) is 5.82 Å². The highest BCUT2D eigenvalue weighted by atomic mass is 16.6. The Morgan fingerprint density at radius 1 is 1.43 bits per heavy atom. The molecule has 0 aliphatic rings. The Balaban J connectivity index is 2.59. The first-order chi connectivity index (χ1) is 9.90. The summed E-state index contributed by atoms with van der Waals surface area (Å²) in [4.78, 5) is 13.1. The van der Waals surface area contributed by atoms with Gasteiger partial charge in [-0.15, -0.1) is 0 Å². The van der Waals surface area contributed by atoms with Crippen molar-refractivity contribution >= 4 is 11.5 Å². The zero-order valence-electron chi connectivity index (χ0n) is 13.7. The van der Waals surface area contributed by atoms with Gasteiger partial charge >= 0.3 is 5.69 Å². The Labute approximate surface area is 126 Å². The topological polar surface area (TPSA) is 76.2 Å². The quantitative estimate of drug-likeness (QED) is 0.560. The lowest BCUT2D eigenvalue weighted by molar-refractivity contribution is -0.384. The van der Waals surface area contributed by atoms with Crippen molar-refractivity contribution in [1.29, 1.82) is 0 Å². The van der Waals surface area contributed by atoms with Crippen molar-refractivity contribution in [2.24, 2.45) is 7.05 Å². The van der Waals surface area contributed by atoms with E-state index in [0.717, 1.165) is 32.5 Å². The molecule has 1 heterocycles. The molecule has 1 atom stereocenters. The van der Waals surface area contributed by atoms with Crippen LogP contribution in [0.1, 0.15) is 39.3 Å². The van der Waals surface area contributed by atoms with Crippen LogP contribution in [0.5, 0.6) is 0 Å². The number of aryl methyl sites for hydroxylation is 2. The van der Waals surface area contributed by atoms with Crippen molar-refractivity contribution in [3.8, 4) is 0 Å². The second-order valence-corrected chi connectivity index (χ2v) is 5.38.